The lowest BCUT2D eigenvalue weighted by molar-refractivity contribution is 0.292. The van der Waals surface area contributed by atoms with Crippen LogP contribution in [0.25, 0.3) is 0 Å². The van der Waals surface area contributed by atoms with Crippen molar-refractivity contribution >= 4 is 0 Å². The van der Waals surface area contributed by atoms with E-state index in [4.69, 9.17) is 10.5 Å². The first-order chi connectivity index (χ1) is 9.65. The summed E-state index contributed by atoms with van der Waals surface area (Å²) in [7, 11) is 0. The average molecular weight is 271 g/mol. The zero-order valence-electron chi connectivity index (χ0n) is 12.0. The topological polar surface area (TPSA) is 53.1 Å². The number of fused-ring (bicyclic) bond motifs is 1. The maximum absolute atomic E-state index is 6.05. The van der Waals surface area contributed by atoms with Crippen molar-refractivity contribution < 1.29 is 4.74 Å². The number of benzene rings is 1. The number of ether oxygens (including phenoxy) is 1. The Morgan fingerprint density at radius 1 is 1.45 bits per heavy atom. The van der Waals surface area contributed by atoms with Crippen LogP contribution in [0.15, 0.2) is 30.7 Å². The molecule has 2 N–H and O–H groups in total. The zero-order chi connectivity index (χ0) is 14.1. The molecular weight excluding hydrogens is 250 g/mol. The van der Waals surface area contributed by atoms with Crippen molar-refractivity contribution in [1.29, 1.82) is 0 Å². The Bertz CT molecular complexity index is 604. The van der Waals surface area contributed by atoms with Crippen molar-refractivity contribution in [2.24, 2.45) is 5.73 Å². The van der Waals surface area contributed by atoms with E-state index in [1.54, 1.807) is 0 Å². The van der Waals surface area contributed by atoms with Crippen LogP contribution in [0.5, 0.6) is 5.75 Å². The van der Waals surface area contributed by atoms with Crippen LogP contribution < -0.4 is 10.5 Å². The van der Waals surface area contributed by atoms with Crippen LogP contribution in [0.3, 0.4) is 0 Å². The molecule has 0 saturated carbocycles. The quantitative estimate of drug-likeness (QED) is 0.930. The first-order valence-electron chi connectivity index (χ1n) is 7.17. The van der Waals surface area contributed by atoms with Crippen LogP contribution in [0.2, 0.25) is 0 Å². The van der Waals surface area contributed by atoms with Crippen molar-refractivity contribution in [3.63, 3.8) is 0 Å². The molecule has 0 unspecified atom stereocenters. The largest absolute Gasteiger partial charge is 0.487 e. The minimum Gasteiger partial charge on any atom is -0.487 e. The molecule has 3 rings (SSSR count). The summed E-state index contributed by atoms with van der Waals surface area (Å²) in [6.07, 6.45) is 5.81. The summed E-state index contributed by atoms with van der Waals surface area (Å²) < 4.78 is 8.03. The van der Waals surface area contributed by atoms with E-state index in [2.05, 4.69) is 35.5 Å². The monoisotopic (exact) mass is 271 g/mol. The van der Waals surface area contributed by atoms with Gasteiger partial charge in [-0.2, -0.15) is 0 Å². The number of nitrogens with zero attached hydrogens (tertiary/aromatic N) is 2. The number of hydrogen-bond acceptors (Lipinski definition) is 3. The lowest BCUT2D eigenvalue weighted by atomic mass is 10.1. The van der Waals surface area contributed by atoms with Gasteiger partial charge in [-0.25, -0.2) is 4.98 Å². The molecule has 4 nitrogen and oxygen atoms in total. The van der Waals surface area contributed by atoms with E-state index >= 15 is 0 Å². The SMILES string of the molecule is CC(C)n1cncc1COc1ccc2c(c1)CC[C@@H]2N. The van der Waals surface area contributed by atoms with Gasteiger partial charge in [0.05, 0.1) is 18.2 Å². The third-order valence-electron chi connectivity index (χ3n) is 3.93. The average Bonchev–Trinajstić information content (AvgIpc) is 3.03. The molecule has 0 aliphatic heterocycles. The molecule has 0 spiro atoms. The van der Waals surface area contributed by atoms with Gasteiger partial charge in [0.15, 0.2) is 0 Å². The van der Waals surface area contributed by atoms with Gasteiger partial charge in [0.25, 0.3) is 0 Å². The molecule has 0 bridgehead atoms. The standard InChI is InChI=1S/C16H21N3O/c1-11(2)19-10-18-8-13(19)9-20-14-4-5-15-12(7-14)3-6-16(15)17/h4-5,7-8,10-11,16H,3,6,9,17H2,1-2H3/t16-/m0/s1. The molecule has 2 aromatic rings. The minimum absolute atomic E-state index is 0.196. The number of aromatic nitrogens is 2. The van der Waals surface area contributed by atoms with Gasteiger partial charge in [0, 0.05) is 12.1 Å². The lowest BCUT2D eigenvalue weighted by Gasteiger charge is -2.13. The molecule has 0 fully saturated rings. The smallest absolute Gasteiger partial charge is 0.130 e. The fourth-order valence-corrected chi connectivity index (χ4v) is 2.78. The Hall–Kier alpha value is -1.81. The normalized spacial score (nSPS) is 17.5. The number of rotatable bonds is 4. The Labute approximate surface area is 119 Å². The van der Waals surface area contributed by atoms with Gasteiger partial charge in [0.2, 0.25) is 0 Å². The number of hydrogen-bond donors (Lipinski definition) is 1. The fourth-order valence-electron chi connectivity index (χ4n) is 2.78. The van der Waals surface area contributed by atoms with Gasteiger partial charge in [-0.05, 0) is 49.9 Å². The van der Waals surface area contributed by atoms with Crippen molar-refractivity contribution in [3.8, 4) is 5.75 Å². The van der Waals surface area contributed by atoms with Crippen LogP contribution in [0, 0.1) is 0 Å². The van der Waals surface area contributed by atoms with Gasteiger partial charge in [-0.1, -0.05) is 6.07 Å². The van der Waals surface area contributed by atoms with Crippen molar-refractivity contribution in [2.75, 3.05) is 0 Å². The Kier molecular flexibility index (Phi) is 3.49. The molecular formula is C16H21N3O. The summed E-state index contributed by atoms with van der Waals surface area (Å²) in [4.78, 5) is 4.19. The molecule has 0 amide bonds. The predicted molar refractivity (Wildman–Crippen MR) is 78.6 cm³/mol. The van der Waals surface area contributed by atoms with Gasteiger partial charge in [0.1, 0.15) is 12.4 Å². The van der Waals surface area contributed by atoms with Gasteiger partial charge in [-0.3, -0.25) is 0 Å². The van der Waals surface area contributed by atoms with E-state index in [9.17, 15) is 0 Å². The highest BCUT2D eigenvalue weighted by Crippen LogP contribution is 2.32. The maximum Gasteiger partial charge on any atom is 0.130 e. The van der Waals surface area contributed by atoms with Crippen LogP contribution >= 0.6 is 0 Å². The molecule has 0 radical (unpaired) electrons. The Balaban J connectivity index is 1.71. The molecule has 20 heavy (non-hydrogen) atoms. The van der Waals surface area contributed by atoms with Crippen LogP contribution in [0.4, 0.5) is 0 Å². The molecule has 106 valence electrons. The highest BCUT2D eigenvalue weighted by atomic mass is 16.5. The van der Waals surface area contributed by atoms with Crippen LogP contribution in [0.1, 0.15) is 49.2 Å². The summed E-state index contributed by atoms with van der Waals surface area (Å²) in [5.74, 6) is 0.911. The third kappa shape index (κ3) is 2.43. The first-order valence-corrected chi connectivity index (χ1v) is 7.17. The molecule has 1 heterocycles. The third-order valence-corrected chi connectivity index (χ3v) is 3.93. The summed E-state index contributed by atoms with van der Waals surface area (Å²) in [6.45, 7) is 4.83. The number of imidazole rings is 1. The second-order valence-corrected chi connectivity index (χ2v) is 5.68. The van der Waals surface area contributed by atoms with E-state index in [0.717, 1.165) is 24.3 Å². The number of nitrogens with two attached hydrogens (primary N) is 1. The van der Waals surface area contributed by atoms with E-state index < -0.39 is 0 Å². The first kappa shape index (κ1) is 13.2. The second kappa shape index (κ2) is 5.29. The molecule has 4 heteroatoms. The highest BCUT2D eigenvalue weighted by molar-refractivity contribution is 5.40. The molecule has 1 aromatic carbocycles. The van der Waals surface area contributed by atoms with E-state index in [0.29, 0.717) is 12.6 Å². The predicted octanol–water partition coefficient (Wildman–Crippen LogP) is 2.99. The second-order valence-electron chi connectivity index (χ2n) is 5.68. The Morgan fingerprint density at radius 3 is 3.10 bits per heavy atom. The van der Waals surface area contributed by atoms with Crippen molar-refractivity contribution in [2.45, 2.75) is 45.4 Å². The van der Waals surface area contributed by atoms with E-state index in [-0.39, 0.29) is 6.04 Å². The highest BCUT2D eigenvalue weighted by Gasteiger charge is 2.19. The van der Waals surface area contributed by atoms with E-state index in [1.807, 2.05) is 18.6 Å². The lowest BCUT2D eigenvalue weighted by Crippen LogP contribution is -2.07. The van der Waals surface area contributed by atoms with Gasteiger partial charge in [-0.15, -0.1) is 0 Å². The molecule has 1 aliphatic rings. The minimum atomic E-state index is 0.196. The summed E-state index contributed by atoms with van der Waals surface area (Å²) >= 11 is 0. The zero-order valence-corrected chi connectivity index (χ0v) is 12.0. The van der Waals surface area contributed by atoms with Gasteiger partial charge < -0.3 is 15.0 Å². The van der Waals surface area contributed by atoms with Crippen LogP contribution in [-0.4, -0.2) is 9.55 Å². The summed E-state index contributed by atoms with van der Waals surface area (Å²) in [5.41, 5.74) is 9.74. The maximum atomic E-state index is 6.05. The fraction of sp³-hybridized carbons (Fsp3) is 0.438. The van der Waals surface area contributed by atoms with E-state index in [1.165, 1.54) is 11.1 Å². The molecule has 0 saturated heterocycles. The molecule has 1 atom stereocenters. The summed E-state index contributed by atoms with van der Waals surface area (Å²) in [6, 6.07) is 6.83. The summed E-state index contributed by atoms with van der Waals surface area (Å²) in [5, 5.41) is 0. The van der Waals surface area contributed by atoms with Crippen LogP contribution in [-0.2, 0) is 13.0 Å². The molecule has 1 aliphatic carbocycles. The van der Waals surface area contributed by atoms with Crippen molar-refractivity contribution in [1.82, 2.24) is 9.55 Å². The van der Waals surface area contributed by atoms with Crippen molar-refractivity contribution in [3.05, 3.63) is 47.5 Å². The number of aryl methyl sites for hydroxylation is 1. The molecule has 1 aromatic heterocycles. The van der Waals surface area contributed by atoms with Gasteiger partial charge >= 0.3 is 0 Å². The Morgan fingerprint density at radius 2 is 2.30 bits per heavy atom.